The lowest BCUT2D eigenvalue weighted by Crippen LogP contribution is -2.09. The van der Waals surface area contributed by atoms with Crippen LogP contribution in [0.15, 0.2) is 18.2 Å². The second-order valence-corrected chi connectivity index (χ2v) is 4.54. The summed E-state index contributed by atoms with van der Waals surface area (Å²) in [7, 11) is 0. The third kappa shape index (κ3) is 4.87. The molecular formula is C14H22N2O3. The van der Waals surface area contributed by atoms with E-state index in [-0.39, 0.29) is 16.7 Å². The summed E-state index contributed by atoms with van der Waals surface area (Å²) in [5, 5.41) is 14.0. The van der Waals surface area contributed by atoms with E-state index in [1.807, 2.05) is 13.8 Å². The highest BCUT2D eigenvalue weighted by Crippen LogP contribution is 2.23. The van der Waals surface area contributed by atoms with Crippen molar-refractivity contribution in [3.8, 4) is 0 Å². The number of hydrogen-bond acceptors (Lipinski definition) is 4. The van der Waals surface area contributed by atoms with Crippen LogP contribution >= 0.6 is 0 Å². The Balaban J connectivity index is 2.81. The highest BCUT2D eigenvalue weighted by molar-refractivity contribution is 5.55. The number of non-ortho nitro benzene ring substituents is 1. The minimum atomic E-state index is -0.380. The number of ether oxygens (including phenoxy) is 1. The SMILES string of the molecule is CCCC(C)OCc1cc([N+](=O)[O-])ccc1NCC. The molecule has 0 saturated carbocycles. The second kappa shape index (κ2) is 7.74. The minimum absolute atomic E-state index is 0.100. The largest absolute Gasteiger partial charge is 0.385 e. The Morgan fingerprint density at radius 3 is 2.74 bits per heavy atom. The fraction of sp³-hybridized carbons (Fsp3) is 0.571. The van der Waals surface area contributed by atoms with Crippen molar-refractivity contribution in [2.45, 2.75) is 46.3 Å². The van der Waals surface area contributed by atoms with Crippen LogP contribution in [0.3, 0.4) is 0 Å². The molecule has 0 aliphatic heterocycles. The Kier molecular flexibility index (Phi) is 6.29. The fourth-order valence-electron chi connectivity index (χ4n) is 1.90. The first-order chi connectivity index (χ1) is 9.08. The van der Waals surface area contributed by atoms with Crippen LogP contribution in [0.2, 0.25) is 0 Å². The normalized spacial score (nSPS) is 12.2. The van der Waals surface area contributed by atoms with Gasteiger partial charge < -0.3 is 10.1 Å². The molecule has 0 radical (unpaired) electrons. The topological polar surface area (TPSA) is 64.4 Å². The van der Waals surface area contributed by atoms with Crippen LogP contribution in [-0.2, 0) is 11.3 Å². The second-order valence-electron chi connectivity index (χ2n) is 4.54. The number of nitrogens with zero attached hydrogens (tertiary/aromatic N) is 1. The van der Waals surface area contributed by atoms with Crippen molar-refractivity contribution < 1.29 is 9.66 Å². The van der Waals surface area contributed by atoms with Gasteiger partial charge in [0.1, 0.15) is 0 Å². The molecule has 1 aromatic carbocycles. The zero-order valence-electron chi connectivity index (χ0n) is 11.8. The molecule has 1 rings (SSSR count). The highest BCUT2D eigenvalue weighted by Gasteiger charge is 2.11. The first kappa shape index (κ1) is 15.4. The fourth-order valence-corrected chi connectivity index (χ4v) is 1.90. The molecule has 106 valence electrons. The van der Waals surface area contributed by atoms with Crippen molar-refractivity contribution in [1.29, 1.82) is 0 Å². The Bertz CT molecular complexity index is 421. The van der Waals surface area contributed by atoms with Crippen LogP contribution in [-0.4, -0.2) is 17.6 Å². The molecule has 0 aliphatic rings. The zero-order chi connectivity index (χ0) is 14.3. The standard InChI is InChI=1S/C14H22N2O3/c1-4-6-11(3)19-10-12-9-13(16(17)18)7-8-14(12)15-5-2/h7-9,11,15H,4-6,10H2,1-3H3. The number of rotatable bonds is 8. The molecule has 0 bridgehead atoms. The van der Waals surface area contributed by atoms with E-state index < -0.39 is 0 Å². The summed E-state index contributed by atoms with van der Waals surface area (Å²) in [6.07, 6.45) is 2.22. The van der Waals surface area contributed by atoms with Gasteiger partial charge in [0, 0.05) is 29.9 Å². The summed E-state index contributed by atoms with van der Waals surface area (Å²) in [5.41, 5.74) is 1.83. The maximum Gasteiger partial charge on any atom is 0.269 e. The molecule has 1 unspecified atom stereocenters. The van der Waals surface area contributed by atoms with Crippen molar-refractivity contribution in [3.05, 3.63) is 33.9 Å². The van der Waals surface area contributed by atoms with Crippen molar-refractivity contribution in [1.82, 2.24) is 0 Å². The predicted octanol–water partition coefficient (Wildman–Crippen LogP) is 3.73. The van der Waals surface area contributed by atoms with Gasteiger partial charge in [0.25, 0.3) is 5.69 Å². The third-order valence-electron chi connectivity index (χ3n) is 2.89. The van der Waals surface area contributed by atoms with Gasteiger partial charge in [-0.1, -0.05) is 13.3 Å². The van der Waals surface area contributed by atoms with Crippen molar-refractivity contribution in [2.75, 3.05) is 11.9 Å². The summed E-state index contributed by atoms with van der Waals surface area (Å²) in [6, 6.07) is 4.83. The third-order valence-corrected chi connectivity index (χ3v) is 2.89. The van der Waals surface area contributed by atoms with E-state index in [2.05, 4.69) is 12.2 Å². The van der Waals surface area contributed by atoms with Crippen LogP contribution in [0.4, 0.5) is 11.4 Å². The highest BCUT2D eigenvalue weighted by atomic mass is 16.6. The number of nitrogens with one attached hydrogen (secondary N) is 1. The first-order valence-corrected chi connectivity index (χ1v) is 6.71. The molecule has 0 spiro atoms. The summed E-state index contributed by atoms with van der Waals surface area (Å²) in [6.45, 7) is 7.29. The molecular weight excluding hydrogens is 244 g/mol. The van der Waals surface area contributed by atoms with Gasteiger partial charge in [0.15, 0.2) is 0 Å². The molecule has 0 heterocycles. The molecule has 1 N–H and O–H groups in total. The van der Waals surface area contributed by atoms with Gasteiger partial charge in [-0.3, -0.25) is 10.1 Å². The van der Waals surface area contributed by atoms with Crippen molar-refractivity contribution >= 4 is 11.4 Å². The van der Waals surface area contributed by atoms with Crippen LogP contribution < -0.4 is 5.32 Å². The Morgan fingerprint density at radius 2 is 2.16 bits per heavy atom. The van der Waals surface area contributed by atoms with Crippen molar-refractivity contribution in [3.63, 3.8) is 0 Å². The van der Waals surface area contributed by atoms with E-state index in [0.29, 0.717) is 6.61 Å². The van der Waals surface area contributed by atoms with E-state index in [9.17, 15) is 10.1 Å². The van der Waals surface area contributed by atoms with Crippen LogP contribution in [0.1, 0.15) is 39.2 Å². The molecule has 1 aromatic rings. The van der Waals surface area contributed by atoms with Gasteiger partial charge in [0.05, 0.1) is 17.6 Å². The Hall–Kier alpha value is -1.62. The lowest BCUT2D eigenvalue weighted by molar-refractivity contribution is -0.384. The van der Waals surface area contributed by atoms with Gasteiger partial charge in [0.2, 0.25) is 0 Å². The number of hydrogen-bond donors (Lipinski definition) is 1. The number of anilines is 1. The van der Waals surface area contributed by atoms with Gasteiger partial charge in [-0.05, 0) is 26.3 Å². The van der Waals surface area contributed by atoms with Gasteiger partial charge in [-0.25, -0.2) is 0 Å². The summed E-state index contributed by atoms with van der Waals surface area (Å²) < 4.78 is 5.73. The zero-order valence-corrected chi connectivity index (χ0v) is 11.8. The van der Waals surface area contributed by atoms with Gasteiger partial charge in [-0.15, -0.1) is 0 Å². The predicted molar refractivity (Wildman–Crippen MR) is 76.4 cm³/mol. The van der Waals surface area contributed by atoms with E-state index in [1.165, 1.54) is 6.07 Å². The maximum absolute atomic E-state index is 10.8. The average molecular weight is 266 g/mol. The summed E-state index contributed by atoms with van der Waals surface area (Å²) in [4.78, 5) is 10.4. The molecule has 0 fully saturated rings. The molecule has 19 heavy (non-hydrogen) atoms. The maximum atomic E-state index is 10.8. The Morgan fingerprint density at radius 1 is 1.42 bits per heavy atom. The lowest BCUT2D eigenvalue weighted by atomic mass is 10.1. The number of nitro groups is 1. The molecule has 0 amide bonds. The van der Waals surface area contributed by atoms with Gasteiger partial charge in [-0.2, -0.15) is 0 Å². The molecule has 0 saturated heterocycles. The van der Waals surface area contributed by atoms with Crippen LogP contribution in [0.5, 0.6) is 0 Å². The molecule has 1 atom stereocenters. The number of nitro benzene ring substituents is 1. The van der Waals surface area contributed by atoms with Crippen molar-refractivity contribution in [2.24, 2.45) is 0 Å². The van der Waals surface area contributed by atoms with Crippen LogP contribution in [0, 0.1) is 10.1 Å². The smallest absolute Gasteiger partial charge is 0.269 e. The Labute approximate surface area is 114 Å². The van der Waals surface area contributed by atoms with Crippen LogP contribution in [0.25, 0.3) is 0 Å². The first-order valence-electron chi connectivity index (χ1n) is 6.71. The minimum Gasteiger partial charge on any atom is -0.385 e. The van der Waals surface area contributed by atoms with Gasteiger partial charge >= 0.3 is 0 Å². The monoisotopic (exact) mass is 266 g/mol. The van der Waals surface area contributed by atoms with E-state index in [1.54, 1.807) is 12.1 Å². The van der Waals surface area contributed by atoms with E-state index >= 15 is 0 Å². The van der Waals surface area contributed by atoms with E-state index in [4.69, 9.17) is 4.74 Å². The quantitative estimate of drug-likeness (QED) is 0.575. The molecule has 5 heteroatoms. The molecule has 0 aliphatic carbocycles. The molecule has 0 aromatic heterocycles. The summed E-state index contributed by atoms with van der Waals surface area (Å²) >= 11 is 0. The van der Waals surface area contributed by atoms with E-state index in [0.717, 1.165) is 30.6 Å². The molecule has 5 nitrogen and oxygen atoms in total. The number of benzene rings is 1. The average Bonchev–Trinajstić information content (AvgIpc) is 2.38. The summed E-state index contributed by atoms with van der Waals surface area (Å²) in [5.74, 6) is 0. The lowest BCUT2D eigenvalue weighted by Gasteiger charge is -2.15.